The summed E-state index contributed by atoms with van der Waals surface area (Å²) in [4.78, 5) is 15.9. The van der Waals surface area contributed by atoms with Crippen molar-refractivity contribution in [1.82, 2.24) is 0 Å². The highest BCUT2D eigenvalue weighted by Crippen LogP contribution is 2.57. The van der Waals surface area contributed by atoms with Crippen LogP contribution in [0, 0.1) is 19.8 Å². The fourth-order valence-corrected chi connectivity index (χ4v) is 6.34. The number of hydrogen-bond acceptors (Lipinski definition) is 5. The van der Waals surface area contributed by atoms with E-state index < -0.39 is 5.60 Å². The van der Waals surface area contributed by atoms with E-state index in [9.17, 15) is 4.79 Å². The number of esters is 1. The van der Waals surface area contributed by atoms with Crippen LogP contribution >= 0.6 is 0 Å². The van der Waals surface area contributed by atoms with E-state index in [4.69, 9.17) is 9.47 Å². The molecule has 216 valence electrons. The van der Waals surface area contributed by atoms with Gasteiger partial charge < -0.3 is 19.7 Å². The molecule has 0 saturated carbocycles. The van der Waals surface area contributed by atoms with Crippen LogP contribution in [0.1, 0.15) is 78.2 Å². The van der Waals surface area contributed by atoms with E-state index in [1.165, 1.54) is 18.4 Å². The van der Waals surface area contributed by atoms with Crippen LogP contribution in [-0.2, 0) is 10.3 Å². The molecule has 0 bridgehead atoms. The topological polar surface area (TPSA) is 50.8 Å². The first-order valence-corrected chi connectivity index (χ1v) is 15.2. The first-order chi connectivity index (χ1) is 20.3. The highest BCUT2D eigenvalue weighted by Gasteiger charge is 2.53. The summed E-state index contributed by atoms with van der Waals surface area (Å²) in [6.07, 6.45) is 3.54. The van der Waals surface area contributed by atoms with E-state index in [2.05, 4.69) is 93.4 Å². The van der Waals surface area contributed by atoms with Crippen LogP contribution < -0.4 is 15.0 Å². The summed E-state index contributed by atoms with van der Waals surface area (Å²) >= 11 is 0. The van der Waals surface area contributed by atoms with Gasteiger partial charge in [0, 0.05) is 52.9 Å². The molecule has 0 aromatic heterocycles. The van der Waals surface area contributed by atoms with Gasteiger partial charge in [-0.3, -0.25) is 0 Å². The van der Waals surface area contributed by atoms with Crippen molar-refractivity contribution < 1.29 is 14.3 Å². The molecule has 1 spiro atoms. The van der Waals surface area contributed by atoms with Crippen molar-refractivity contribution in [3.63, 3.8) is 0 Å². The molecule has 4 aromatic carbocycles. The molecule has 0 saturated heterocycles. The second-order valence-electron chi connectivity index (χ2n) is 12.1. The predicted octanol–water partition coefficient (Wildman–Crippen LogP) is 9.27. The maximum absolute atomic E-state index is 13.4. The number of benzene rings is 4. The summed E-state index contributed by atoms with van der Waals surface area (Å²) in [5.74, 6) is 1.65. The second-order valence-corrected chi connectivity index (χ2v) is 12.1. The lowest BCUT2D eigenvalue weighted by atomic mass is 9.77. The average Bonchev–Trinajstić information content (AvgIpc) is 3.26. The van der Waals surface area contributed by atoms with E-state index in [0.29, 0.717) is 17.2 Å². The molecule has 1 atom stereocenters. The Balaban J connectivity index is 1.50. The van der Waals surface area contributed by atoms with Crippen molar-refractivity contribution >= 4 is 23.0 Å². The number of rotatable bonds is 9. The van der Waals surface area contributed by atoms with Crippen molar-refractivity contribution in [2.75, 3.05) is 23.3 Å². The second kappa shape index (κ2) is 11.2. The molecule has 5 heteroatoms. The summed E-state index contributed by atoms with van der Waals surface area (Å²) in [6.45, 7) is 12.9. The fraction of sp³-hybridized carbons (Fsp3) is 0.324. The van der Waals surface area contributed by atoms with Crippen molar-refractivity contribution in [3.05, 3.63) is 112 Å². The van der Waals surface area contributed by atoms with Crippen molar-refractivity contribution in [2.24, 2.45) is 5.92 Å². The molecule has 0 amide bonds. The molecular formula is C37H40N2O3. The van der Waals surface area contributed by atoms with Gasteiger partial charge in [-0.15, -0.1) is 0 Å². The molecule has 0 fully saturated rings. The lowest BCUT2D eigenvalue weighted by molar-refractivity contribution is 0.0224. The van der Waals surface area contributed by atoms with Gasteiger partial charge in [0.15, 0.2) is 5.60 Å². The third-order valence-electron chi connectivity index (χ3n) is 8.32. The van der Waals surface area contributed by atoms with Gasteiger partial charge >= 0.3 is 5.97 Å². The Morgan fingerprint density at radius 3 is 2.45 bits per heavy atom. The Morgan fingerprint density at radius 2 is 1.67 bits per heavy atom. The summed E-state index contributed by atoms with van der Waals surface area (Å²) in [6, 6.07) is 26.6. The number of unbranched alkanes of at least 4 members (excludes halogenated alkanes) is 2. The van der Waals surface area contributed by atoms with Crippen LogP contribution in [0.4, 0.5) is 17.1 Å². The Kier molecular flexibility index (Phi) is 7.44. The number of nitrogens with one attached hydrogen (secondary N) is 1. The highest BCUT2D eigenvalue weighted by molar-refractivity contribution is 5.97. The summed E-state index contributed by atoms with van der Waals surface area (Å²) < 4.78 is 13.2. The van der Waals surface area contributed by atoms with Crippen LogP contribution in [0.5, 0.6) is 11.5 Å². The van der Waals surface area contributed by atoms with E-state index in [1.807, 2.05) is 30.3 Å². The standard InChI is InChI=1S/C37H40N2O3/c1-6-7-10-18-39(23-24(2)3)28-16-17-31-35(21-28)41-34-20-26(5)33(38-27-13-11-12-25(4)19-27)22-32(34)37(31)30-15-9-8-14-29(30)36(40)42-37/h8-9,11-17,19-22,24,38H,6-7,10,18,23H2,1-5H3. The zero-order valence-electron chi connectivity index (χ0n) is 25.3. The largest absolute Gasteiger partial charge is 0.456 e. The van der Waals surface area contributed by atoms with Crippen molar-refractivity contribution in [2.45, 2.75) is 59.5 Å². The maximum atomic E-state index is 13.4. The first-order valence-electron chi connectivity index (χ1n) is 15.2. The van der Waals surface area contributed by atoms with Crippen molar-refractivity contribution in [1.29, 1.82) is 0 Å². The smallest absolute Gasteiger partial charge is 0.340 e. The predicted molar refractivity (Wildman–Crippen MR) is 170 cm³/mol. The Labute approximate surface area is 249 Å². The first kappa shape index (κ1) is 27.9. The zero-order valence-corrected chi connectivity index (χ0v) is 25.3. The summed E-state index contributed by atoms with van der Waals surface area (Å²) in [5.41, 5.74) is 7.32. The Hall–Kier alpha value is -4.25. The van der Waals surface area contributed by atoms with Crippen LogP contribution in [0.15, 0.2) is 78.9 Å². The Morgan fingerprint density at radius 1 is 0.857 bits per heavy atom. The number of fused-ring (bicyclic) bond motifs is 6. The number of ether oxygens (including phenoxy) is 2. The van der Waals surface area contributed by atoms with Gasteiger partial charge in [-0.1, -0.05) is 63.9 Å². The van der Waals surface area contributed by atoms with Crippen LogP contribution in [0.2, 0.25) is 0 Å². The molecule has 0 aliphatic carbocycles. The quantitative estimate of drug-likeness (QED) is 0.163. The third kappa shape index (κ3) is 4.91. The molecular weight excluding hydrogens is 520 g/mol. The number of aryl methyl sites for hydroxylation is 2. The molecule has 4 aromatic rings. The molecule has 2 aliphatic rings. The van der Waals surface area contributed by atoms with Gasteiger partial charge in [0.1, 0.15) is 11.5 Å². The van der Waals surface area contributed by atoms with E-state index in [-0.39, 0.29) is 5.97 Å². The minimum absolute atomic E-state index is 0.316. The Bertz CT molecular complexity index is 1640. The SMILES string of the molecule is CCCCCN(CC(C)C)c1ccc2c(c1)Oc1cc(C)c(Nc3cccc(C)c3)cc1C21OC(=O)c2ccccc21. The maximum Gasteiger partial charge on any atom is 0.340 e. The molecule has 5 nitrogen and oxygen atoms in total. The molecule has 1 unspecified atom stereocenters. The monoisotopic (exact) mass is 560 g/mol. The summed E-state index contributed by atoms with van der Waals surface area (Å²) in [5, 5.41) is 3.59. The minimum Gasteiger partial charge on any atom is -0.456 e. The minimum atomic E-state index is -1.10. The van der Waals surface area contributed by atoms with Crippen molar-refractivity contribution in [3.8, 4) is 11.5 Å². The van der Waals surface area contributed by atoms with E-state index in [0.717, 1.165) is 64.6 Å². The molecule has 6 rings (SSSR count). The van der Waals surface area contributed by atoms with Gasteiger partial charge in [0.2, 0.25) is 0 Å². The van der Waals surface area contributed by atoms with Crippen LogP contribution in [0.3, 0.4) is 0 Å². The summed E-state index contributed by atoms with van der Waals surface area (Å²) in [7, 11) is 0. The number of hydrogen-bond donors (Lipinski definition) is 1. The normalized spacial score (nSPS) is 16.5. The zero-order chi connectivity index (χ0) is 29.4. The molecule has 0 radical (unpaired) electrons. The van der Waals surface area contributed by atoms with Crippen LogP contribution in [0.25, 0.3) is 0 Å². The number of carbonyl (C=O) groups excluding carboxylic acids is 1. The number of nitrogens with zero attached hydrogens (tertiary/aromatic N) is 1. The lowest BCUT2D eigenvalue weighted by Gasteiger charge is -2.38. The van der Waals surface area contributed by atoms with Gasteiger partial charge in [-0.05, 0) is 79.8 Å². The number of anilines is 3. The molecule has 42 heavy (non-hydrogen) atoms. The van der Waals surface area contributed by atoms with E-state index in [1.54, 1.807) is 0 Å². The fourth-order valence-electron chi connectivity index (χ4n) is 6.34. The molecule has 2 heterocycles. The van der Waals surface area contributed by atoms with Gasteiger partial charge in [0.05, 0.1) is 5.56 Å². The third-order valence-corrected chi connectivity index (χ3v) is 8.32. The number of carbonyl (C=O) groups is 1. The molecule has 2 aliphatic heterocycles. The van der Waals surface area contributed by atoms with E-state index >= 15 is 0 Å². The average molecular weight is 561 g/mol. The van der Waals surface area contributed by atoms with Crippen LogP contribution in [-0.4, -0.2) is 19.1 Å². The highest BCUT2D eigenvalue weighted by atomic mass is 16.6. The lowest BCUT2D eigenvalue weighted by Crippen LogP contribution is -2.34. The van der Waals surface area contributed by atoms with Gasteiger partial charge in [0.25, 0.3) is 0 Å². The van der Waals surface area contributed by atoms with Gasteiger partial charge in [-0.2, -0.15) is 0 Å². The van der Waals surface area contributed by atoms with Gasteiger partial charge in [-0.25, -0.2) is 4.79 Å². The molecule has 1 N–H and O–H groups in total.